The summed E-state index contributed by atoms with van der Waals surface area (Å²) in [6.07, 6.45) is 2.08. The molecule has 6 heteroatoms. The molecule has 19 heavy (non-hydrogen) atoms. The molecule has 0 saturated heterocycles. The van der Waals surface area contributed by atoms with Crippen LogP contribution in [0.15, 0.2) is 12.1 Å². The van der Waals surface area contributed by atoms with Crippen molar-refractivity contribution in [3.8, 4) is 0 Å². The van der Waals surface area contributed by atoms with Gasteiger partial charge in [0, 0.05) is 12.0 Å². The molecule has 0 radical (unpaired) electrons. The Morgan fingerprint density at radius 2 is 2.21 bits per heavy atom. The quantitative estimate of drug-likeness (QED) is 0.745. The number of hydrogen-bond acceptors (Lipinski definition) is 5. The minimum Gasteiger partial charge on any atom is -0.479 e. The molecule has 1 atom stereocenters. The number of ketones is 1. The van der Waals surface area contributed by atoms with Crippen LogP contribution in [-0.2, 0) is 11.2 Å². The molecule has 1 aromatic rings. The minimum atomic E-state index is -1.85. The van der Waals surface area contributed by atoms with E-state index in [1.807, 2.05) is 0 Å². The van der Waals surface area contributed by atoms with E-state index in [1.54, 1.807) is 12.1 Å². The van der Waals surface area contributed by atoms with E-state index in [0.29, 0.717) is 17.8 Å². The van der Waals surface area contributed by atoms with Gasteiger partial charge in [0.2, 0.25) is 0 Å². The van der Waals surface area contributed by atoms with Crippen LogP contribution in [0.4, 0.5) is 5.82 Å². The Labute approximate surface area is 110 Å². The predicted octanol–water partition coefficient (Wildman–Crippen LogP) is 0.848. The highest BCUT2D eigenvalue weighted by atomic mass is 16.4. The molecular formula is C13H16N2O4. The Morgan fingerprint density at radius 3 is 2.89 bits per heavy atom. The van der Waals surface area contributed by atoms with E-state index in [4.69, 9.17) is 5.11 Å². The van der Waals surface area contributed by atoms with Crippen LogP contribution in [0.2, 0.25) is 0 Å². The fourth-order valence-corrected chi connectivity index (χ4v) is 1.93. The lowest BCUT2D eigenvalue weighted by Crippen LogP contribution is -2.42. The number of aliphatic hydroxyl groups is 1. The molecule has 1 aromatic heterocycles. The number of hydrogen-bond donors (Lipinski definition) is 3. The van der Waals surface area contributed by atoms with Gasteiger partial charge in [0.15, 0.2) is 11.4 Å². The highest BCUT2D eigenvalue weighted by molar-refractivity contribution is 5.98. The van der Waals surface area contributed by atoms with Crippen molar-refractivity contribution in [1.82, 2.24) is 4.98 Å². The maximum atomic E-state index is 11.6. The van der Waals surface area contributed by atoms with Crippen LogP contribution >= 0.6 is 0 Å². The number of aliphatic carboxylic acids is 1. The molecule has 1 aliphatic rings. The number of carbonyl (C=O) groups excluding carboxylic acids is 1. The van der Waals surface area contributed by atoms with E-state index in [0.717, 1.165) is 18.5 Å². The Hall–Kier alpha value is -1.95. The highest BCUT2D eigenvalue weighted by Crippen LogP contribution is 2.21. The van der Waals surface area contributed by atoms with Crippen LogP contribution in [0, 0.1) is 0 Å². The largest absolute Gasteiger partial charge is 0.479 e. The van der Waals surface area contributed by atoms with Gasteiger partial charge < -0.3 is 15.5 Å². The van der Waals surface area contributed by atoms with Gasteiger partial charge in [-0.3, -0.25) is 4.79 Å². The standard InChI is InChI=1S/C13H16N2O4/c1-13(19,12(17)18)7-14-11-6-5-8-9(15-11)3-2-4-10(8)16/h5-6,19H,2-4,7H2,1H3,(H,14,15)(H,17,18). The van der Waals surface area contributed by atoms with Crippen molar-refractivity contribution in [2.45, 2.75) is 31.8 Å². The van der Waals surface area contributed by atoms with Gasteiger partial charge in [-0.15, -0.1) is 0 Å². The van der Waals surface area contributed by atoms with Crippen molar-refractivity contribution >= 4 is 17.6 Å². The summed E-state index contributed by atoms with van der Waals surface area (Å²) in [4.78, 5) is 26.7. The maximum Gasteiger partial charge on any atom is 0.337 e. The van der Waals surface area contributed by atoms with E-state index in [1.165, 1.54) is 6.92 Å². The number of rotatable bonds is 4. The Morgan fingerprint density at radius 1 is 1.47 bits per heavy atom. The fraction of sp³-hybridized carbons (Fsp3) is 0.462. The van der Waals surface area contributed by atoms with Crippen LogP contribution < -0.4 is 5.32 Å². The molecule has 6 nitrogen and oxygen atoms in total. The topological polar surface area (TPSA) is 99.5 Å². The van der Waals surface area contributed by atoms with Crippen molar-refractivity contribution in [2.75, 3.05) is 11.9 Å². The van der Waals surface area contributed by atoms with E-state index in [2.05, 4.69) is 10.3 Å². The van der Waals surface area contributed by atoms with E-state index >= 15 is 0 Å². The average Bonchev–Trinajstić information content (AvgIpc) is 2.36. The zero-order valence-electron chi connectivity index (χ0n) is 10.6. The number of fused-ring (bicyclic) bond motifs is 1. The molecule has 0 aliphatic heterocycles. The molecule has 0 aromatic carbocycles. The molecule has 0 spiro atoms. The van der Waals surface area contributed by atoms with Gasteiger partial charge in [0.05, 0.1) is 12.2 Å². The molecule has 1 aliphatic carbocycles. The Bertz CT molecular complexity index is 525. The number of nitrogens with one attached hydrogen (secondary N) is 1. The molecule has 0 amide bonds. The number of carboxylic acids is 1. The first-order valence-electron chi connectivity index (χ1n) is 6.13. The third-order valence-corrected chi connectivity index (χ3v) is 3.17. The van der Waals surface area contributed by atoms with Crippen molar-refractivity contribution in [2.24, 2.45) is 0 Å². The summed E-state index contributed by atoms with van der Waals surface area (Å²) >= 11 is 0. The van der Waals surface area contributed by atoms with Crippen molar-refractivity contribution in [1.29, 1.82) is 0 Å². The normalized spacial score (nSPS) is 17.5. The van der Waals surface area contributed by atoms with Crippen LogP contribution in [0.5, 0.6) is 0 Å². The lowest BCUT2D eigenvalue weighted by atomic mass is 9.95. The molecular weight excluding hydrogens is 248 g/mol. The maximum absolute atomic E-state index is 11.6. The number of carboxylic acid groups (broad SMARTS) is 1. The van der Waals surface area contributed by atoms with Gasteiger partial charge in [0.1, 0.15) is 5.82 Å². The van der Waals surface area contributed by atoms with E-state index in [-0.39, 0.29) is 12.3 Å². The second-order valence-electron chi connectivity index (χ2n) is 4.90. The SMILES string of the molecule is CC(O)(CNc1ccc2c(n1)CCCC2=O)C(=O)O. The number of aryl methyl sites for hydroxylation is 1. The highest BCUT2D eigenvalue weighted by Gasteiger charge is 2.29. The Balaban J connectivity index is 2.11. The molecule has 0 saturated carbocycles. The van der Waals surface area contributed by atoms with Gasteiger partial charge in [-0.25, -0.2) is 9.78 Å². The van der Waals surface area contributed by atoms with Crippen LogP contribution in [-0.4, -0.2) is 39.1 Å². The fourth-order valence-electron chi connectivity index (χ4n) is 1.93. The van der Waals surface area contributed by atoms with Crippen LogP contribution in [0.1, 0.15) is 35.8 Å². The Kier molecular flexibility index (Phi) is 3.53. The van der Waals surface area contributed by atoms with Gasteiger partial charge >= 0.3 is 5.97 Å². The van der Waals surface area contributed by atoms with Gasteiger partial charge in [-0.2, -0.15) is 0 Å². The number of pyridine rings is 1. The summed E-state index contributed by atoms with van der Waals surface area (Å²) in [6, 6.07) is 3.32. The summed E-state index contributed by atoms with van der Waals surface area (Å²) < 4.78 is 0. The lowest BCUT2D eigenvalue weighted by Gasteiger charge is -2.20. The van der Waals surface area contributed by atoms with Crippen LogP contribution in [0.25, 0.3) is 0 Å². The smallest absolute Gasteiger partial charge is 0.337 e. The molecule has 3 N–H and O–H groups in total. The summed E-state index contributed by atoms with van der Waals surface area (Å²) in [5, 5.41) is 21.2. The summed E-state index contributed by atoms with van der Waals surface area (Å²) in [6.45, 7) is 1.06. The van der Waals surface area contributed by atoms with E-state index in [9.17, 15) is 14.7 Å². The van der Waals surface area contributed by atoms with Crippen molar-refractivity contribution < 1.29 is 19.8 Å². The summed E-state index contributed by atoms with van der Waals surface area (Å²) in [7, 11) is 0. The average molecular weight is 264 g/mol. The molecule has 0 bridgehead atoms. The van der Waals surface area contributed by atoms with Crippen LogP contribution in [0.3, 0.4) is 0 Å². The molecule has 2 rings (SSSR count). The third-order valence-electron chi connectivity index (χ3n) is 3.17. The summed E-state index contributed by atoms with van der Waals surface area (Å²) in [5.74, 6) is -0.735. The number of anilines is 1. The predicted molar refractivity (Wildman–Crippen MR) is 68.3 cm³/mol. The monoisotopic (exact) mass is 264 g/mol. The zero-order chi connectivity index (χ0) is 14.0. The van der Waals surface area contributed by atoms with Gasteiger partial charge in [-0.05, 0) is 31.9 Å². The number of aromatic nitrogens is 1. The molecule has 102 valence electrons. The van der Waals surface area contributed by atoms with Gasteiger partial charge in [-0.1, -0.05) is 0 Å². The molecule has 0 fully saturated rings. The minimum absolute atomic E-state index is 0.0952. The first-order valence-corrected chi connectivity index (χ1v) is 6.13. The number of carbonyl (C=O) groups is 2. The molecule has 1 heterocycles. The number of nitrogens with zero attached hydrogens (tertiary/aromatic N) is 1. The second kappa shape index (κ2) is 4.97. The molecule has 1 unspecified atom stereocenters. The first kappa shape index (κ1) is 13.5. The summed E-state index contributed by atoms with van der Waals surface area (Å²) in [5.41, 5.74) is -0.481. The van der Waals surface area contributed by atoms with Crippen molar-refractivity contribution in [3.05, 3.63) is 23.4 Å². The van der Waals surface area contributed by atoms with Crippen molar-refractivity contribution in [3.63, 3.8) is 0 Å². The first-order chi connectivity index (χ1) is 8.90. The van der Waals surface area contributed by atoms with Gasteiger partial charge in [0.25, 0.3) is 0 Å². The lowest BCUT2D eigenvalue weighted by molar-refractivity contribution is -0.155. The zero-order valence-corrected chi connectivity index (χ0v) is 10.6. The third kappa shape index (κ3) is 2.90. The second-order valence-corrected chi connectivity index (χ2v) is 4.90. The van der Waals surface area contributed by atoms with E-state index < -0.39 is 11.6 Å². The number of Topliss-reactive ketones (excluding diaryl/α,β-unsaturated/α-hetero) is 1.